The summed E-state index contributed by atoms with van der Waals surface area (Å²) in [7, 11) is 0. The molecule has 3 amide bonds. The van der Waals surface area contributed by atoms with Gasteiger partial charge in [0.25, 0.3) is 5.91 Å². The number of para-hydroxylation sites is 1. The quantitative estimate of drug-likeness (QED) is 0.639. The molecule has 0 saturated carbocycles. The average molecular weight is 449 g/mol. The minimum absolute atomic E-state index is 0.0450. The number of hydrogen-bond donors (Lipinski definition) is 2. The second-order valence-corrected chi connectivity index (χ2v) is 8.34. The number of aromatic nitrogens is 1. The Kier molecular flexibility index (Phi) is 5.28. The van der Waals surface area contributed by atoms with Gasteiger partial charge in [-0.1, -0.05) is 29.8 Å². The fourth-order valence-corrected chi connectivity index (χ4v) is 4.85. The van der Waals surface area contributed by atoms with E-state index in [9.17, 15) is 14.7 Å². The van der Waals surface area contributed by atoms with Gasteiger partial charge in [-0.3, -0.25) is 14.7 Å². The molecule has 5 rings (SSSR count). The topological polar surface area (TPSA) is 85.8 Å². The molecule has 0 spiro atoms. The van der Waals surface area contributed by atoms with Crippen molar-refractivity contribution >= 4 is 34.9 Å². The van der Waals surface area contributed by atoms with Crippen molar-refractivity contribution in [2.75, 3.05) is 23.4 Å². The number of rotatable bonds is 3. The van der Waals surface area contributed by atoms with Crippen molar-refractivity contribution in [1.82, 2.24) is 9.88 Å². The predicted octanol–water partition coefficient (Wildman–Crippen LogP) is 3.76. The highest BCUT2D eigenvalue weighted by Crippen LogP contribution is 2.48. The highest BCUT2D eigenvalue weighted by atomic mass is 35.5. The zero-order chi connectivity index (χ0) is 22.2. The summed E-state index contributed by atoms with van der Waals surface area (Å²) < 4.78 is 0. The van der Waals surface area contributed by atoms with Gasteiger partial charge in [0.05, 0.1) is 24.3 Å². The van der Waals surface area contributed by atoms with Crippen molar-refractivity contribution in [2.45, 2.75) is 18.0 Å². The Balaban J connectivity index is 1.46. The Morgan fingerprint density at radius 1 is 1.09 bits per heavy atom. The molecule has 0 unspecified atom stereocenters. The van der Waals surface area contributed by atoms with Crippen LogP contribution in [-0.2, 0) is 0 Å². The molecule has 7 nitrogen and oxygen atoms in total. The molecule has 2 aliphatic rings. The normalized spacial score (nSPS) is 21.2. The number of carbonyl (C=O) groups excluding carboxylic acids is 2. The van der Waals surface area contributed by atoms with Gasteiger partial charge in [-0.05, 0) is 48.0 Å². The van der Waals surface area contributed by atoms with Crippen LogP contribution in [0.25, 0.3) is 0 Å². The highest BCUT2D eigenvalue weighted by Gasteiger charge is 2.55. The molecule has 1 fully saturated rings. The number of aliphatic hydroxyl groups excluding tert-OH is 1. The van der Waals surface area contributed by atoms with Gasteiger partial charge in [-0.15, -0.1) is 0 Å². The monoisotopic (exact) mass is 448 g/mol. The summed E-state index contributed by atoms with van der Waals surface area (Å²) in [6, 6.07) is 17.1. The van der Waals surface area contributed by atoms with E-state index in [1.165, 1.54) is 6.20 Å². The predicted molar refractivity (Wildman–Crippen MR) is 122 cm³/mol. The number of benzene rings is 2. The largest absolute Gasteiger partial charge is 0.394 e. The second kappa shape index (κ2) is 8.26. The number of aliphatic hydroxyl groups is 1. The lowest BCUT2D eigenvalue weighted by atomic mass is 9.71. The zero-order valence-electron chi connectivity index (χ0n) is 17.1. The van der Waals surface area contributed by atoms with E-state index in [0.717, 1.165) is 11.3 Å². The standard InChI is InChI=1S/C24H21ClN4O3/c25-16-7-9-17(10-8-16)27-24(32)28-13-20-22(18-5-1-2-6-19(18)28)21(14-30)29(20)23(31)15-4-3-11-26-12-15/h1-12,20-22,30H,13-14H2,(H,27,32)/t20-,21+,22+/m1/s1. The van der Waals surface area contributed by atoms with E-state index in [2.05, 4.69) is 10.3 Å². The summed E-state index contributed by atoms with van der Waals surface area (Å²) in [5.74, 6) is -0.243. The fourth-order valence-electron chi connectivity index (χ4n) is 4.72. The Morgan fingerprint density at radius 2 is 1.88 bits per heavy atom. The number of carbonyl (C=O) groups is 2. The number of anilines is 2. The van der Waals surface area contributed by atoms with Crippen LogP contribution in [0.1, 0.15) is 21.8 Å². The van der Waals surface area contributed by atoms with Gasteiger partial charge < -0.3 is 15.3 Å². The molecule has 8 heteroatoms. The minimum Gasteiger partial charge on any atom is -0.394 e. The second-order valence-electron chi connectivity index (χ2n) is 7.90. The van der Waals surface area contributed by atoms with Crippen molar-refractivity contribution in [3.05, 3.63) is 89.2 Å². The molecular weight excluding hydrogens is 428 g/mol. The summed E-state index contributed by atoms with van der Waals surface area (Å²) in [4.78, 5) is 33.8. The number of likely N-dealkylation sites (tertiary alicyclic amines) is 1. The fraction of sp³-hybridized carbons (Fsp3) is 0.208. The number of pyridine rings is 1. The van der Waals surface area contributed by atoms with Gasteiger partial charge in [-0.25, -0.2) is 4.79 Å². The number of urea groups is 1. The maximum Gasteiger partial charge on any atom is 0.326 e. The van der Waals surface area contributed by atoms with Crippen LogP contribution in [0.4, 0.5) is 16.2 Å². The third-order valence-corrected chi connectivity index (χ3v) is 6.42. The molecule has 3 aromatic rings. The smallest absolute Gasteiger partial charge is 0.326 e. The lowest BCUT2D eigenvalue weighted by Gasteiger charge is -2.58. The number of hydrogen-bond acceptors (Lipinski definition) is 4. The maximum atomic E-state index is 13.2. The van der Waals surface area contributed by atoms with Crippen molar-refractivity contribution in [3.63, 3.8) is 0 Å². The first-order chi connectivity index (χ1) is 15.6. The molecule has 1 aromatic heterocycles. The third-order valence-electron chi connectivity index (χ3n) is 6.17. The first kappa shape index (κ1) is 20.5. The molecule has 162 valence electrons. The number of amides is 3. The van der Waals surface area contributed by atoms with Crippen LogP contribution in [0.2, 0.25) is 5.02 Å². The number of halogens is 1. The third kappa shape index (κ3) is 3.39. The van der Waals surface area contributed by atoms with Crippen molar-refractivity contribution in [3.8, 4) is 0 Å². The van der Waals surface area contributed by atoms with Crippen LogP contribution in [-0.4, -0.2) is 52.2 Å². The van der Waals surface area contributed by atoms with E-state index in [1.54, 1.807) is 52.4 Å². The first-order valence-corrected chi connectivity index (χ1v) is 10.7. The Hall–Kier alpha value is -3.42. The molecule has 2 aliphatic heterocycles. The van der Waals surface area contributed by atoms with Crippen molar-refractivity contribution < 1.29 is 14.7 Å². The van der Waals surface area contributed by atoms with Crippen LogP contribution in [0.3, 0.4) is 0 Å². The molecule has 0 aliphatic carbocycles. The maximum absolute atomic E-state index is 13.2. The summed E-state index contributed by atoms with van der Waals surface area (Å²) in [5, 5.41) is 13.6. The number of nitrogens with zero attached hydrogens (tertiary/aromatic N) is 3. The van der Waals surface area contributed by atoms with Gasteiger partial charge in [-0.2, -0.15) is 0 Å². The van der Waals surface area contributed by atoms with Crippen molar-refractivity contribution in [1.29, 1.82) is 0 Å². The highest BCUT2D eigenvalue weighted by molar-refractivity contribution is 6.30. The van der Waals surface area contributed by atoms with E-state index in [4.69, 9.17) is 11.6 Å². The Morgan fingerprint density at radius 3 is 2.59 bits per heavy atom. The van der Waals surface area contributed by atoms with Gasteiger partial charge >= 0.3 is 6.03 Å². The van der Waals surface area contributed by atoms with Crippen LogP contribution >= 0.6 is 11.6 Å². The average Bonchev–Trinajstić information content (AvgIpc) is 2.81. The first-order valence-electron chi connectivity index (χ1n) is 10.3. The SMILES string of the molecule is O=C(Nc1ccc(Cl)cc1)N1C[C@@H]2[C@H](c3ccccc31)[C@H](CO)N2C(=O)c1cccnc1. The van der Waals surface area contributed by atoms with Gasteiger partial charge in [0.1, 0.15) is 0 Å². The number of fused-ring (bicyclic) bond motifs is 3. The summed E-state index contributed by atoms with van der Waals surface area (Å²) in [6.45, 7) is 0.169. The van der Waals surface area contributed by atoms with Gasteiger partial charge in [0, 0.05) is 41.3 Å². The van der Waals surface area contributed by atoms with Crippen LogP contribution in [0.5, 0.6) is 0 Å². The Labute approximate surface area is 190 Å². The van der Waals surface area contributed by atoms with Gasteiger partial charge in [0.2, 0.25) is 0 Å². The summed E-state index contributed by atoms with van der Waals surface area (Å²) in [6.07, 6.45) is 3.13. The van der Waals surface area contributed by atoms with Crippen LogP contribution in [0.15, 0.2) is 73.1 Å². The van der Waals surface area contributed by atoms with E-state index in [1.807, 2.05) is 24.3 Å². The van der Waals surface area contributed by atoms with E-state index < -0.39 is 0 Å². The lowest BCUT2D eigenvalue weighted by Crippen LogP contribution is -2.71. The van der Waals surface area contributed by atoms with Crippen LogP contribution < -0.4 is 10.2 Å². The zero-order valence-corrected chi connectivity index (χ0v) is 17.8. The molecular formula is C24H21ClN4O3. The molecule has 0 radical (unpaired) electrons. The minimum atomic E-state index is -0.352. The van der Waals surface area contributed by atoms with E-state index >= 15 is 0 Å². The van der Waals surface area contributed by atoms with Gasteiger partial charge in [0.15, 0.2) is 0 Å². The molecule has 32 heavy (non-hydrogen) atoms. The van der Waals surface area contributed by atoms with E-state index in [-0.39, 0.29) is 36.5 Å². The van der Waals surface area contributed by atoms with E-state index in [0.29, 0.717) is 22.8 Å². The molecule has 2 N–H and O–H groups in total. The molecule has 3 atom stereocenters. The lowest BCUT2D eigenvalue weighted by molar-refractivity contribution is -0.0241. The number of nitrogens with one attached hydrogen (secondary N) is 1. The molecule has 3 heterocycles. The van der Waals surface area contributed by atoms with Crippen molar-refractivity contribution in [2.24, 2.45) is 0 Å². The Bertz CT molecular complexity index is 1160. The summed E-state index contributed by atoms with van der Waals surface area (Å²) in [5.41, 5.74) is 2.82. The van der Waals surface area contributed by atoms with Crippen LogP contribution in [0, 0.1) is 0 Å². The summed E-state index contributed by atoms with van der Waals surface area (Å²) >= 11 is 5.94. The molecule has 2 aromatic carbocycles. The molecule has 1 saturated heterocycles. The molecule has 0 bridgehead atoms.